The van der Waals surface area contributed by atoms with Crippen molar-refractivity contribution in [2.24, 2.45) is 5.73 Å². The highest BCUT2D eigenvalue weighted by atomic mass is 19.1. The fourth-order valence-corrected chi connectivity index (χ4v) is 2.36. The van der Waals surface area contributed by atoms with Crippen LogP contribution in [0.2, 0.25) is 0 Å². The van der Waals surface area contributed by atoms with Crippen LogP contribution in [-0.2, 0) is 11.2 Å². The summed E-state index contributed by atoms with van der Waals surface area (Å²) >= 11 is 0. The molecule has 1 saturated heterocycles. The smallest absolute Gasteiger partial charge is 0.126 e. The molecule has 0 aromatic heterocycles. The number of halogens is 2. The molecule has 1 fully saturated rings. The van der Waals surface area contributed by atoms with Gasteiger partial charge in [0.15, 0.2) is 0 Å². The predicted molar refractivity (Wildman–Crippen MR) is 69.9 cm³/mol. The normalized spacial score (nSPS) is 22.4. The highest BCUT2D eigenvalue weighted by Crippen LogP contribution is 2.15. The van der Waals surface area contributed by atoms with Gasteiger partial charge in [-0.25, -0.2) is 8.78 Å². The van der Waals surface area contributed by atoms with Gasteiger partial charge < -0.3 is 10.5 Å². The van der Waals surface area contributed by atoms with E-state index in [9.17, 15) is 8.78 Å². The molecule has 19 heavy (non-hydrogen) atoms. The molecule has 5 heteroatoms. The second-order valence-electron chi connectivity index (χ2n) is 4.91. The van der Waals surface area contributed by atoms with Gasteiger partial charge in [0.2, 0.25) is 0 Å². The molecule has 1 aromatic carbocycles. The van der Waals surface area contributed by atoms with E-state index in [1.165, 1.54) is 6.07 Å². The minimum absolute atomic E-state index is 0.128. The topological polar surface area (TPSA) is 38.5 Å². The molecule has 2 rings (SSSR count). The zero-order valence-corrected chi connectivity index (χ0v) is 11.1. The molecule has 0 bridgehead atoms. The molecule has 0 amide bonds. The van der Waals surface area contributed by atoms with Crippen molar-refractivity contribution in [1.82, 2.24) is 4.90 Å². The quantitative estimate of drug-likeness (QED) is 0.902. The first-order valence-corrected chi connectivity index (χ1v) is 6.63. The van der Waals surface area contributed by atoms with Crippen molar-refractivity contribution in [2.45, 2.75) is 25.5 Å². The number of nitrogens with two attached hydrogens (primary N) is 1. The Morgan fingerprint density at radius 1 is 1.47 bits per heavy atom. The number of hydrogen-bond donors (Lipinski definition) is 1. The van der Waals surface area contributed by atoms with Crippen LogP contribution in [0.3, 0.4) is 0 Å². The third kappa shape index (κ3) is 3.72. The van der Waals surface area contributed by atoms with Gasteiger partial charge in [0, 0.05) is 19.1 Å². The lowest BCUT2D eigenvalue weighted by molar-refractivity contribution is -0.0386. The number of benzene rings is 1. The maximum absolute atomic E-state index is 13.6. The van der Waals surface area contributed by atoms with Crippen molar-refractivity contribution < 1.29 is 13.5 Å². The Hall–Kier alpha value is -1.04. The average Bonchev–Trinajstić information content (AvgIpc) is 2.43. The Morgan fingerprint density at radius 3 is 3.00 bits per heavy atom. The largest absolute Gasteiger partial charge is 0.374 e. The first-order valence-electron chi connectivity index (χ1n) is 6.63. The Bertz CT molecular complexity index is 428. The van der Waals surface area contributed by atoms with E-state index in [0.717, 1.165) is 31.8 Å². The predicted octanol–water partition coefficient (Wildman–Crippen LogP) is 1.56. The summed E-state index contributed by atoms with van der Waals surface area (Å²) in [6.07, 6.45) is 0.155. The first-order chi connectivity index (χ1) is 9.10. The summed E-state index contributed by atoms with van der Waals surface area (Å²) in [6, 6.07) is 3.12. The number of ether oxygens (including phenoxy) is 1. The van der Waals surface area contributed by atoms with Crippen molar-refractivity contribution in [2.75, 3.05) is 26.2 Å². The van der Waals surface area contributed by atoms with Crippen molar-refractivity contribution in [3.8, 4) is 0 Å². The minimum Gasteiger partial charge on any atom is -0.374 e. The molecular weight excluding hydrogens is 250 g/mol. The second-order valence-corrected chi connectivity index (χ2v) is 4.91. The van der Waals surface area contributed by atoms with Crippen LogP contribution in [0.1, 0.15) is 12.5 Å². The Morgan fingerprint density at radius 2 is 2.26 bits per heavy atom. The summed E-state index contributed by atoms with van der Waals surface area (Å²) in [6.45, 7) is 5.31. The third-order valence-corrected chi connectivity index (χ3v) is 3.57. The Kier molecular flexibility index (Phi) is 4.85. The van der Waals surface area contributed by atoms with Gasteiger partial charge in [-0.3, -0.25) is 4.90 Å². The SMILES string of the molecule is CCN1CCOC(C(N)Cc2cc(F)ccc2F)C1. The van der Waals surface area contributed by atoms with Crippen LogP contribution in [0, 0.1) is 11.6 Å². The lowest BCUT2D eigenvalue weighted by atomic mass is 10.0. The van der Waals surface area contributed by atoms with Gasteiger partial charge >= 0.3 is 0 Å². The van der Waals surface area contributed by atoms with Gasteiger partial charge in [-0.05, 0) is 36.7 Å². The first kappa shape index (κ1) is 14.4. The molecule has 1 aliphatic heterocycles. The van der Waals surface area contributed by atoms with Gasteiger partial charge in [0.1, 0.15) is 11.6 Å². The van der Waals surface area contributed by atoms with Crippen LogP contribution in [0.4, 0.5) is 8.78 Å². The average molecular weight is 270 g/mol. The lowest BCUT2D eigenvalue weighted by Crippen LogP contribution is -2.51. The summed E-state index contributed by atoms with van der Waals surface area (Å²) in [5.41, 5.74) is 6.39. The molecule has 0 radical (unpaired) electrons. The molecule has 106 valence electrons. The van der Waals surface area contributed by atoms with E-state index in [1.54, 1.807) is 0 Å². The highest BCUT2D eigenvalue weighted by molar-refractivity contribution is 5.20. The number of morpholine rings is 1. The molecule has 1 aliphatic rings. The van der Waals surface area contributed by atoms with Gasteiger partial charge in [-0.15, -0.1) is 0 Å². The van der Waals surface area contributed by atoms with Crippen molar-refractivity contribution in [1.29, 1.82) is 0 Å². The van der Waals surface area contributed by atoms with Gasteiger partial charge in [0.25, 0.3) is 0 Å². The maximum atomic E-state index is 13.6. The van der Waals surface area contributed by atoms with Crippen LogP contribution in [-0.4, -0.2) is 43.3 Å². The number of nitrogens with zero attached hydrogens (tertiary/aromatic N) is 1. The zero-order valence-electron chi connectivity index (χ0n) is 11.1. The van der Waals surface area contributed by atoms with E-state index in [2.05, 4.69) is 11.8 Å². The highest BCUT2D eigenvalue weighted by Gasteiger charge is 2.25. The van der Waals surface area contributed by atoms with Crippen molar-refractivity contribution in [3.05, 3.63) is 35.4 Å². The number of rotatable bonds is 4. The molecule has 0 spiro atoms. The van der Waals surface area contributed by atoms with Crippen LogP contribution in [0.25, 0.3) is 0 Å². The van der Waals surface area contributed by atoms with E-state index in [-0.39, 0.29) is 18.6 Å². The van der Waals surface area contributed by atoms with E-state index in [0.29, 0.717) is 12.2 Å². The molecule has 2 N–H and O–H groups in total. The second kappa shape index (κ2) is 6.41. The van der Waals surface area contributed by atoms with Crippen LogP contribution >= 0.6 is 0 Å². The molecule has 3 nitrogen and oxygen atoms in total. The summed E-state index contributed by atoms with van der Waals surface area (Å²) < 4.78 is 32.3. The molecular formula is C14H20F2N2O. The summed E-state index contributed by atoms with van der Waals surface area (Å²) in [5.74, 6) is -0.858. The fraction of sp³-hybridized carbons (Fsp3) is 0.571. The molecule has 1 aromatic rings. The summed E-state index contributed by atoms with van der Waals surface area (Å²) in [4.78, 5) is 2.25. The summed E-state index contributed by atoms with van der Waals surface area (Å²) in [5, 5.41) is 0. The number of hydrogen-bond acceptors (Lipinski definition) is 3. The van der Waals surface area contributed by atoms with Crippen molar-refractivity contribution >= 4 is 0 Å². The van der Waals surface area contributed by atoms with Gasteiger partial charge in [-0.2, -0.15) is 0 Å². The van der Waals surface area contributed by atoms with E-state index in [1.807, 2.05) is 0 Å². The van der Waals surface area contributed by atoms with E-state index >= 15 is 0 Å². The minimum atomic E-state index is -0.441. The van der Waals surface area contributed by atoms with Crippen LogP contribution < -0.4 is 5.73 Å². The van der Waals surface area contributed by atoms with Crippen LogP contribution in [0.5, 0.6) is 0 Å². The zero-order chi connectivity index (χ0) is 13.8. The third-order valence-electron chi connectivity index (χ3n) is 3.57. The Labute approximate surface area is 112 Å². The molecule has 2 atom stereocenters. The Balaban J connectivity index is 2.00. The van der Waals surface area contributed by atoms with E-state index < -0.39 is 11.6 Å². The van der Waals surface area contributed by atoms with E-state index in [4.69, 9.17) is 10.5 Å². The van der Waals surface area contributed by atoms with Crippen molar-refractivity contribution in [3.63, 3.8) is 0 Å². The molecule has 2 unspecified atom stereocenters. The monoisotopic (exact) mass is 270 g/mol. The standard InChI is InChI=1S/C14H20F2N2O/c1-2-18-5-6-19-14(9-18)13(17)8-10-7-11(15)3-4-12(10)16/h3-4,7,13-14H,2,5-6,8-9,17H2,1H3. The lowest BCUT2D eigenvalue weighted by Gasteiger charge is -2.35. The van der Waals surface area contributed by atoms with Gasteiger partial charge in [-0.1, -0.05) is 6.92 Å². The molecule has 0 aliphatic carbocycles. The fourth-order valence-electron chi connectivity index (χ4n) is 2.36. The number of likely N-dealkylation sites (N-methyl/N-ethyl adjacent to an activating group) is 1. The molecule has 0 saturated carbocycles. The maximum Gasteiger partial charge on any atom is 0.126 e. The van der Waals surface area contributed by atoms with Crippen LogP contribution in [0.15, 0.2) is 18.2 Å². The van der Waals surface area contributed by atoms with Gasteiger partial charge in [0.05, 0.1) is 12.7 Å². The summed E-state index contributed by atoms with van der Waals surface area (Å²) in [7, 11) is 0. The molecule has 1 heterocycles.